The summed E-state index contributed by atoms with van der Waals surface area (Å²) in [6, 6.07) is 13.6. The number of carbonyl (C=O) groups is 1. The maximum atomic E-state index is 10.7. The predicted octanol–water partition coefficient (Wildman–Crippen LogP) is 2.71. The molecule has 0 aliphatic carbocycles. The Morgan fingerprint density at radius 1 is 0.938 bits per heavy atom. The van der Waals surface area contributed by atoms with E-state index in [0.29, 0.717) is 0 Å². The van der Waals surface area contributed by atoms with Crippen molar-refractivity contribution in [2.45, 2.75) is 0 Å². The van der Waals surface area contributed by atoms with Gasteiger partial charge in [-0.2, -0.15) is 0 Å². The van der Waals surface area contributed by atoms with Gasteiger partial charge >= 0.3 is 0 Å². The van der Waals surface area contributed by atoms with Crippen LogP contribution >= 0.6 is 0 Å². The van der Waals surface area contributed by atoms with Crippen molar-refractivity contribution in [3.63, 3.8) is 0 Å². The Hall–Kier alpha value is -2.22. The van der Waals surface area contributed by atoms with E-state index < -0.39 is 0 Å². The molecule has 0 saturated carbocycles. The van der Waals surface area contributed by atoms with E-state index in [-0.39, 0.29) is 0 Å². The first-order chi connectivity index (χ1) is 7.92. The second-order valence-corrected chi connectivity index (χ2v) is 3.32. The Morgan fingerprint density at radius 3 is 2.19 bits per heavy atom. The molecule has 0 aliphatic rings. The van der Waals surface area contributed by atoms with Crippen LogP contribution in [0.15, 0.2) is 60.9 Å². The van der Waals surface area contributed by atoms with Crippen LogP contribution in [0.3, 0.4) is 0 Å². The van der Waals surface area contributed by atoms with Crippen molar-refractivity contribution < 1.29 is 4.79 Å². The normalized spacial score (nSPS) is 11.1. The van der Waals surface area contributed by atoms with Crippen LogP contribution in [0.25, 0.3) is 5.57 Å². The van der Waals surface area contributed by atoms with Gasteiger partial charge in [-0.1, -0.05) is 30.3 Å². The smallest absolute Gasteiger partial charge is 0.143 e. The fourth-order valence-electron chi connectivity index (χ4n) is 1.58. The van der Waals surface area contributed by atoms with E-state index in [1.807, 2.05) is 42.5 Å². The lowest BCUT2D eigenvalue weighted by Crippen LogP contribution is -1.88. The topological polar surface area (TPSA) is 30.0 Å². The lowest BCUT2D eigenvalue weighted by atomic mass is 9.99. The summed E-state index contributed by atoms with van der Waals surface area (Å²) < 4.78 is 0. The molecule has 0 bridgehead atoms. The van der Waals surface area contributed by atoms with Crippen molar-refractivity contribution in [3.05, 3.63) is 72.1 Å². The van der Waals surface area contributed by atoms with Crippen LogP contribution in [0, 0.1) is 0 Å². The van der Waals surface area contributed by atoms with Gasteiger partial charge in [-0.15, -0.1) is 0 Å². The third-order valence-corrected chi connectivity index (χ3v) is 2.31. The van der Waals surface area contributed by atoms with E-state index in [4.69, 9.17) is 0 Å². The summed E-state index contributed by atoms with van der Waals surface area (Å²) in [7, 11) is 0. The molecule has 2 heteroatoms. The number of allylic oxidation sites excluding steroid dienone is 1. The minimum atomic E-state index is 0.808. The van der Waals surface area contributed by atoms with Gasteiger partial charge < -0.3 is 0 Å². The SMILES string of the molecule is O=C/C=C(/c1ccccc1)c1ccncc1. The molecule has 0 N–H and O–H groups in total. The summed E-state index contributed by atoms with van der Waals surface area (Å²) in [6.45, 7) is 0. The number of pyridine rings is 1. The van der Waals surface area contributed by atoms with Crippen molar-refractivity contribution >= 4 is 11.9 Å². The van der Waals surface area contributed by atoms with Crippen LogP contribution in [-0.4, -0.2) is 11.3 Å². The monoisotopic (exact) mass is 209 g/mol. The third kappa shape index (κ3) is 2.23. The zero-order chi connectivity index (χ0) is 11.2. The Bertz CT molecular complexity index is 447. The van der Waals surface area contributed by atoms with Gasteiger partial charge in [-0.05, 0) is 34.9 Å². The largest absolute Gasteiger partial charge is 0.299 e. The van der Waals surface area contributed by atoms with Gasteiger partial charge in [0.1, 0.15) is 6.29 Å². The standard InChI is InChI=1S/C14H11NO/c16-11-8-14(12-4-2-1-3-5-12)13-6-9-15-10-7-13/h1-11H/b14-8-. The lowest BCUT2D eigenvalue weighted by Gasteiger charge is -2.06. The molecule has 1 aromatic carbocycles. The van der Waals surface area contributed by atoms with Gasteiger partial charge in [-0.25, -0.2) is 0 Å². The first-order valence-electron chi connectivity index (χ1n) is 5.03. The molecule has 16 heavy (non-hydrogen) atoms. The molecule has 2 aromatic rings. The molecule has 2 nitrogen and oxygen atoms in total. The molecule has 0 spiro atoms. The number of hydrogen-bond donors (Lipinski definition) is 0. The second kappa shape index (κ2) is 5.03. The van der Waals surface area contributed by atoms with Crippen LogP contribution in [0.4, 0.5) is 0 Å². The number of nitrogens with zero attached hydrogens (tertiary/aromatic N) is 1. The quantitative estimate of drug-likeness (QED) is 0.574. The zero-order valence-electron chi connectivity index (χ0n) is 8.71. The van der Waals surface area contributed by atoms with Gasteiger partial charge in [0.05, 0.1) is 0 Å². The summed E-state index contributed by atoms with van der Waals surface area (Å²) in [5.41, 5.74) is 2.94. The second-order valence-electron chi connectivity index (χ2n) is 3.32. The van der Waals surface area contributed by atoms with Gasteiger partial charge in [0.25, 0.3) is 0 Å². The van der Waals surface area contributed by atoms with Crippen molar-refractivity contribution in [2.75, 3.05) is 0 Å². The average molecular weight is 209 g/mol. The number of rotatable bonds is 3. The first kappa shape index (κ1) is 10.3. The van der Waals surface area contributed by atoms with Crippen LogP contribution in [-0.2, 0) is 4.79 Å². The zero-order valence-corrected chi connectivity index (χ0v) is 8.71. The molecule has 1 aromatic heterocycles. The Kier molecular flexibility index (Phi) is 3.24. The summed E-state index contributed by atoms with van der Waals surface area (Å²) in [4.78, 5) is 14.6. The summed E-state index contributed by atoms with van der Waals surface area (Å²) in [5, 5.41) is 0. The number of carbonyl (C=O) groups excluding carboxylic acids is 1. The Balaban J connectivity index is 2.48. The van der Waals surface area contributed by atoms with E-state index in [0.717, 1.165) is 23.0 Å². The van der Waals surface area contributed by atoms with E-state index >= 15 is 0 Å². The molecule has 0 atom stereocenters. The van der Waals surface area contributed by atoms with Crippen molar-refractivity contribution in [2.24, 2.45) is 0 Å². The maximum absolute atomic E-state index is 10.7. The van der Waals surface area contributed by atoms with Gasteiger partial charge in [0.15, 0.2) is 0 Å². The van der Waals surface area contributed by atoms with Crippen LogP contribution in [0.5, 0.6) is 0 Å². The molecular formula is C14H11NO. The van der Waals surface area contributed by atoms with Gasteiger partial charge in [-0.3, -0.25) is 9.78 Å². The molecule has 2 rings (SSSR count). The number of aldehydes is 1. The van der Waals surface area contributed by atoms with Crippen LogP contribution in [0.1, 0.15) is 11.1 Å². The van der Waals surface area contributed by atoms with E-state index in [1.54, 1.807) is 18.5 Å². The third-order valence-electron chi connectivity index (χ3n) is 2.31. The highest BCUT2D eigenvalue weighted by Crippen LogP contribution is 2.21. The molecule has 0 radical (unpaired) electrons. The van der Waals surface area contributed by atoms with Crippen molar-refractivity contribution in [3.8, 4) is 0 Å². The van der Waals surface area contributed by atoms with Gasteiger partial charge in [0, 0.05) is 12.4 Å². The fraction of sp³-hybridized carbons (Fsp3) is 0. The first-order valence-corrected chi connectivity index (χ1v) is 5.03. The summed E-state index contributed by atoms with van der Waals surface area (Å²) in [5.74, 6) is 0. The fourth-order valence-corrected chi connectivity index (χ4v) is 1.58. The molecular weight excluding hydrogens is 198 g/mol. The minimum Gasteiger partial charge on any atom is -0.299 e. The van der Waals surface area contributed by atoms with E-state index in [2.05, 4.69) is 4.98 Å². The average Bonchev–Trinajstić information content (AvgIpc) is 2.38. The highest BCUT2D eigenvalue weighted by molar-refractivity contribution is 5.89. The molecule has 78 valence electrons. The molecule has 0 aliphatic heterocycles. The summed E-state index contributed by atoms with van der Waals surface area (Å²) in [6.07, 6.45) is 5.82. The van der Waals surface area contributed by atoms with E-state index in [9.17, 15) is 4.79 Å². The molecule has 1 heterocycles. The molecule has 0 saturated heterocycles. The van der Waals surface area contributed by atoms with Crippen LogP contribution < -0.4 is 0 Å². The number of aromatic nitrogens is 1. The molecule has 0 fully saturated rings. The highest BCUT2D eigenvalue weighted by Gasteiger charge is 2.02. The molecule has 0 unspecified atom stereocenters. The van der Waals surface area contributed by atoms with Crippen molar-refractivity contribution in [1.82, 2.24) is 4.98 Å². The minimum absolute atomic E-state index is 0.808. The van der Waals surface area contributed by atoms with Gasteiger partial charge in [0.2, 0.25) is 0 Å². The van der Waals surface area contributed by atoms with Crippen molar-refractivity contribution in [1.29, 1.82) is 0 Å². The Labute approximate surface area is 94.3 Å². The van der Waals surface area contributed by atoms with E-state index in [1.165, 1.54) is 0 Å². The number of hydrogen-bond acceptors (Lipinski definition) is 2. The maximum Gasteiger partial charge on any atom is 0.143 e. The highest BCUT2D eigenvalue weighted by atomic mass is 16.1. The summed E-state index contributed by atoms with van der Waals surface area (Å²) >= 11 is 0. The molecule has 0 amide bonds. The Morgan fingerprint density at radius 2 is 1.56 bits per heavy atom. The van der Waals surface area contributed by atoms with Crippen LogP contribution in [0.2, 0.25) is 0 Å². The predicted molar refractivity (Wildman–Crippen MR) is 63.8 cm³/mol. The lowest BCUT2D eigenvalue weighted by molar-refractivity contribution is -0.104. The number of benzene rings is 1.